The maximum absolute atomic E-state index is 11.9. The average molecular weight is 293 g/mol. The minimum absolute atomic E-state index is 0.0790. The molecule has 110 valence electrons. The molecule has 2 unspecified atom stereocenters. The van der Waals surface area contributed by atoms with Crippen LogP contribution in [-0.2, 0) is 0 Å². The highest BCUT2D eigenvalue weighted by Gasteiger charge is 2.22. The molecular formula is C15H23N3OS. The van der Waals surface area contributed by atoms with Crippen LogP contribution in [-0.4, -0.2) is 30.5 Å². The molecule has 1 saturated carbocycles. The topological polar surface area (TPSA) is 67.2 Å². The van der Waals surface area contributed by atoms with E-state index in [1.54, 1.807) is 19.2 Å². The van der Waals surface area contributed by atoms with Crippen LogP contribution in [0.25, 0.3) is 0 Å². The average Bonchev–Trinajstić information content (AvgIpc) is 2.47. The van der Waals surface area contributed by atoms with Gasteiger partial charge in [0.25, 0.3) is 5.91 Å². The molecule has 2 rings (SSSR count). The first kappa shape index (κ1) is 15.0. The number of hydrogen-bond donors (Lipinski definition) is 3. The molecule has 1 fully saturated rings. The van der Waals surface area contributed by atoms with Crippen molar-refractivity contribution in [3.8, 4) is 0 Å². The second-order valence-electron chi connectivity index (χ2n) is 5.25. The Bertz CT molecular complexity index is 478. The van der Waals surface area contributed by atoms with Crippen molar-refractivity contribution in [2.45, 2.75) is 37.0 Å². The summed E-state index contributed by atoms with van der Waals surface area (Å²) in [6.45, 7) is 0. The second kappa shape index (κ2) is 6.88. The number of carbonyl (C=O) groups excluding carboxylic acids is 1. The zero-order valence-electron chi connectivity index (χ0n) is 12.1. The molecular weight excluding hydrogens is 270 g/mol. The van der Waals surface area contributed by atoms with Crippen LogP contribution < -0.4 is 16.4 Å². The summed E-state index contributed by atoms with van der Waals surface area (Å²) in [5.74, 6) is -0.0790. The smallest absolute Gasteiger partial charge is 0.253 e. The molecule has 0 bridgehead atoms. The van der Waals surface area contributed by atoms with E-state index in [4.69, 9.17) is 5.73 Å². The number of carbonyl (C=O) groups is 1. The van der Waals surface area contributed by atoms with Gasteiger partial charge in [0.1, 0.15) is 0 Å². The molecule has 0 aliphatic heterocycles. The Morgan fingerprint density at radius 2 is 2.20 bits per heavy atom. The molecule has 0 heterocycles. The highest BCUT2D eigenvalue weighted by molar-refractivity contribution is 7.99. The summed E-state index contributed by atoms with van der Waals surface area (Å²) >= 11 is 1.93. The third-order valence-corrected chi connectivity index (χ3v) is 4.93. The van der Waals surface area contributed by atoms with Gasteiger partial charge >= 0.3 is 0 Å². The van der Waals surface area contributed by atoms with Gasteiger partial charge in [-0.1, -0.05) is 6.42 Å². The first-order valence-corrected chi connectivity index (χ1v) is 8.33. The lowest BCUT2D eigenvalue weighted by Gasteiger charge is -2.30. The van der Waals surface area contributed by atoms with Crippen LogP contribution in [0.4, 0.5) is 11.4 Å². The second-order valence-corrected chi connectivity index (χ2v) is 6.39. The molecule has 1 aromatic carbocycles. The molecule has 0 radical (unpaired) electrons. The van der Waals surface area contributed by atoms with E-state index in [2.05, 4.69) is 16.9 Å². The van der Waals surface area contributed by atoms with Gasteiger partial charge in [0, 0.05) is 29.7 Å². The van der Waals surface area contributed by atoms with Gasteiger partial charge in [-0.05, 0) is 43.7 Å². The molecule has 2 atom stereocenters. The monoisotopic (exact) mass is 293 g/mol. The number of thioether (sulfide) groups is 1. The van der Waals surface area contributed by atoms with E-state index in [0.29, 0.717) is 22.5 Å². The lowest BCUT2D eigenvalue weighted by atomic mass is 9.94. The van der Waals surface area contributed by atoms with Crippen molar-refractivity contribution in [3.63, 3.8) is 0 Å². The summed E-state index contributed by atoms with van der Waals surface area (Å²) in [5, 5.41) is 6.90. The number of nitrogen functional groups attached to an aromatic ring is 1. The third-order valence-electron chi connectivity index (χ3n) is 3.83. The zero-order valence-corrected chi connectivity index (χ0v) is 12.9. The molecule has 0 aromatic heterocycles. The van der Waals surface area contributed by atoms with Crippen molar-refractivity contribution in [1.82, 2.24) is 5.32 Å². The van der Waals surface area contributed by atoms with E-state index in [0.717, 1.165) is 18.5 Å². The molecule has 1 aromatic rings. The quantitative estimate of drug-likeness (QED) is 0.747. The molecule has 5 heteroatoms. The fourth-order valence-corrected chi connectivity index (χ4v) is 3.55. The number of hydrogen-bond acceptors (Lipinski definition) is 4. The number of anilines is 2. The van der Waals surface area contributed by atoms with Gasteiger partial charge < -0.3 is 16.4 Å². The zero-order chi connectivity index (χ0) is 14.5. The first-order chi connectivity index (χ1) is 9.63. The van der Waals surface area contributed by atoms with Crippen LogP contribution in [0.5, 0.6) is 0 Å². The maximum Gasteiger partial charge on any atom is 0.253 e. The summed E-state index contributed by atoms with van der Waals surface area (Å²) in [7, 11) is 1.65. The van der Waals surface area contributed by atoms with Crippen molar-refractivity contribution >= 4 is 29.0 Å². The van der Waals surface area contributed by atoms with E-state index in [9.17, 15) is 4.79 Å². The van der Waals surface area contributed by atoms with E-state index < -0.39 is 0 Å². The maximum atomic E-state index is 11.9. The normalized spacial score (nSPS) is 22.3. The van der Waals surface area contributed by atoms with Crippen molar-refractivity contribution in [3.05, 3.63) is 23.8 Å². The van der Waals surface area contributed by atoms with E-state index in [-0.39, 0.29) is 5.91 Å². The van der Waals surface area contributed by atoms with Gasteiger partial charge in [-0.2, -0.15) is 11.8 Å². The van der Waals surface area contributed by atoms with Crippen molar-refractivity contribution < 1.29 is 4.79 Å². The SMILES string of the molecule is CNC(=O)c1ccc(N)cc1NC1CCCC(SC)C1. The number of nitrogens with one attached hydrogen (secondary N) is 2. The molecule has 4 N–H and O–H groups in total. The van der Waals surface area contributed by atoms with Gasteiger partial charge in [0.15, 0.2) is 0 Å². The number of amides is 1. The minimum atomic E-state index is -0.0790. The summed E-state index contributed by atoms with van der Waals surface area (Å²) in [6, 6.07) is 5.83. The van der Waals surface area contributed by atoms with Gasteiger partial charge in [0.05, 0.1) is 5.56 Å². The predicted octanol–water partition coefficient (Wildman–Crippen LogP) is 2.71. The molecule has 1 aliphatic carbocycles. The number of rotatable bonds is 4. The van der Waals surface area contributed by atoms with Crippen LogP contribution in [0.2, 0.25) is 0 Å². The van der Waals surface area contributed by atoms with Crippen LogP contribution in [0.3, 0.4) is 0 Å². The largest absolute Gasteiger partial charge is 0.399 e. The minimum Gasteiger partial charge on any atom is -0.399 e. The summed E-state index contributed by atoms with van der Waals surface area (Å²) in [6.07, 6.45) is 6.99. The fraction of sp³-hybridized carbons (Fsp3) is 0.533. The number of benzene rings is 1. The van der Waals surface area contributed by atoms with E-state index in [1.807, 2.05) is 17.8 Å². The molecule has 4 nitrogen and oxygen atoms in total. The lowest BCUT2D eigenvalue weighted by Crippen LogP contribution is -2.30. The van der Waals surface area contributed by atoms with Crippen LogP contribution in [0.15, 0.2) is 18.2 Å². The number of nitrogens with two attached hydrogens (primary N) is 1. The predicted molar refractivity (Wildman–Crippen MR) is 87.4 cm³/mol. The lowest BCUT2D eigenvalue weighted by molar-refractivity contribution is 0.0964. The Balaban J connectivity index is 2.15. The van der Waals surface area contributed by atoms with E-state index in [1.165, 1.54) is 12.8 Å². The summed E-state index contributed by atoms with van der Waals surface area (Å²) in [4.78, 5) is 11.9. The van der Waals surface area contributed by atoms with Crippen molar-refractivity contribution in [2.24, 2.45) is 0 Å². The summed E-state index contributed by atoms with van der Waals surface area (Å²) < 4.78 is 0. The molecule has 1 aliphatic rings. The first-order valence-electron chi connectivity index (χ1n) is 7.05. The van der Waals surface area contributed by atoms with Crippen molar-refractivity contribution in [1.29, 1.82) is 0 Å². The van der Waals surface area contributed by atoms with E-state index >= 15 is 0 Å². The van der Waals surface area contributed by atoms with Gasteiger partial charge in [-0.25, -0.2) is 0 Å². The summed E-state index contributed by atoms with van der Waals surface area (Å²) in [5.41, 5.74) is 8.03. The standard InChI is InChI=1S/C15H23N3OS/c1-17-15(19)13-7-6-10(16)8-14(13)18-11-4-3-5-12(9-11)20-2/h6-8,11-12,18H,3-5,9,16H2,1-2H3,(H,17,19). The Labute approximate surface area is 124 Å². The Morgan fingerprint density at radius 3 is 2.90 bits per heavy atom. The van der Waals surface area contributed by atoms with Crippen LogP contribution >= 0.6 is 11.8 Å². The van der Waals surface area contributed by atoms with Gasteiger partial charge in [-0.15, -0.1) is 0 Å². The Kier molecular flexibility index (Phi) is 5.17. The van der Waals surface area contributed by atoms with Crippen LogP contribution in [0.1, 0.15) is 36.0 Å². The van der Waals surface area contributed by atoms with Gasteiger partial charge in [-0.3, -0.25) is 4.79 Å². The third kappa shape index (κ3) is 3.60. The Morgan fingerprint density at radius 1 is 1.40 bits per heavy atom. The van der Waals surface area contributed by atoms with Crippen molar-refractivity contribution in [2.75, 3.05) is 24.4 Å². The molecule has 1 amide bonds. The highest BCUT2D eigenvalue weighted by atomic mass is 32.2. The Hall–Kier alpha value is -1.36. The fourth-order valence-electron chi connectivity index (χ4n) is 2.72. The van der Waals surface area contributed by atoms with Crippen LogP contribution in [0, 0.1) is 0 Å². The molecule has 0 saturated heterocycles. The van der Waals surface area contributed by atoms with Gasteiger partial charge in [0.2, 0.25) is 0 Å². The molecule has 0 spiro atoms. The molecule has 20 heavy (non-hydrogen) atoms. The highest BCUT2D eigenvalue weighted by Crippen LogP contribution is 2.30.